The van der Waals surface area contributed by atoms with E-state index >= 15 is 0 Å². The lowest BCUT2D eigenvalue weighted by Crippen LogP contribution is -2.25. The van der Waals surface area contributed by atoms with E-state index in [-0.39, 0.29) is 22.8 Å². The molecule has 0 saturated heterocycles. The van der Waals surface area contributed by atoms with E-state index in [0.717, 1.165) is 16.8 Å². The summed E-state index contributed by atoms with van der Waals surface area (Å²) in [6, 6.07) is 13.0. The van der Waals surface area contributed by atoms with Gasteiger partial charge in [-0.25, -0.2) is 0 Å². The zero-order chi connectivity index (χ0) is 18.4. The van der Waals surface area contributed by atoms with E-state index in [1.54, 1.807) is 25.1 Å². The number of anilines is 2. The number of hydrogen-bond donors (Lipinski definition) is 2. The Labute approximate surface area is 157 Å². The van der Waals surface area contributed by atoms with Crippen molar-refractivity contribution in [3.63, 3.8) is 0 Å². The molecule has 0 fully saturated rings. The van der Waals surface area contributed by atoms with Crippen LogP contribution >= 0.6 is 23.4 Å². The van der Waals surface area contributed by atoms with Crippen LogP contribution in [-0.4, -0.2) is 22.8 Å². The van der Waals surface area contributed by atoms with Gasteiger partial charge >= 0.3 is 0 Å². The first-order chi connectivity index (χ1) is 11.9. The molecule has 2 aromatic carbocycles. The Morgan fingerprint density at radius 2 is 1.76 bits per heavy atom. The minimum absolute atomic E-state index is 0.132. The number of hydrogen-bond acceptors (Lipinski definition) is 3. The molecule has 0 aliphatic rings. The van der Waals surface area contributed by atoms with E-state index in [9.17, 15) is 9.59 Å². The highest BCUT2D eigenvalue weighted by atomic mass is 35.5. The van der Waals surface area contributed by atoms with Gasteiger partial charge in [0.05, 0.1) is 11.0 Å². The van der Waals surface area contributed by atoms with Gasteiger partial charge < -0.3 is 10.6 Å². The fourth-order valence-electron chi connectivity index (χ4n) is 2.09. The van der Waals surface area contributed by atoms with Crippen LogP contribution in [0.2, 0.25) is 5.02 Å². The fourth-order valence-corrected chi connectivity index (χ4v) is 2.95. The number of halogens is 1. The molecular weight excluding hydrogens is 356 g/mol. The number of nitrogens with one attached hydrogen (secondary N) is 2. The maximum atomic E-state index is 12.3. The molecule has 0 spiro atoms. The lowest BCUT2D eigenvalue weighted by Gasteiger charge is -2.14. The molecule has 0 heterocycles. The van der Waals surface area contributed by atoms with E-state index < -0.39 is 0 Å². The summed E-state index contributed by atoms with van der Waals surface area (Å²) >= 11 is 7.34. The summed E-state index contributed by atoms with van der Waals surface area (Å²) in [6.45, 7) is 5.62. The topological polar surface area (TPSA) is 58.2 Å². The molecule has 0 aromatic heterocycles. The van der Waals surface area contributed by atoms with Gasteiger partial charge in [0.1, 0.15) is 0 Å². The van der Waals surface area contributed by atoms with E-state index in [1.807, 2.05) is 38.1 Å². The first-order valence-electron chi connectivity index (χ1n) is 7.91. The summed E-state index contributed by atoms with van der Waals surface area (Å²) in [5, 5.41) is 5.92. The number of carbonyl (C=O) groups excluding carboxylic acids is 2. The summed E-state index contributed by atoms with van der Waals surface area (Å²) in [4.78, 5) is 24.3. The maximum absolute atomic E-state index is 12.3. The highest BCUT2D eigenvalue weighted by Crippen LogP contribution is 2.24. The molecule has 0 radical (unpaired) electrons. The molecule has 4 nitrogen and oxygen atoms in total. The third-order valence-electron chi connectivity index (χ3n) is 3.69. The Morgan fingerprint density at radius 1 is 1.08 bits per heavy atom. The summed E-state index contributed by atoms with van der Waals surface area (Å²) in [6.07, 6.45) is 0. The zero-order valence-corrected chi connectivity index (χ0v) is 16.0. The Bertz CT molecular complexity index is 763. The first kappa shape index (κ1) is 19.3. The van der Waals surface area contributed by atoms with Gasteiger partial charge in [-0.2, -0.15) is 0 Å². The van der Waals surface area contributed by atoms with Crippen LogP contribution in [0.15, 0.2) is 42.5 Å². The first-order valence-corrected chi connectivity index (χ1v) is 9.33. The van der Waals surface area contributed by atoms with Crippen molar-refractivity contribution in [1.29, 1.82) is 0 Å². The normalized spacial score (nSPS) is 11.7. The van der Waals surface area contributed by atoms with Gasteiger partial charge in [-0.1, -0.05) is 35.4 Å². The van der Waals surface area contributed by atoms with Crippen LogP contribution in [0, 0.1) is 13.8 Å². The van der Waals surface area contributed by atoms with E-state index in [0.29, 0.717) is 10.7 Å². The van der Waals surface area contributed by atoms with Crippen molar-refractivity contribution in [2.45, 2.75) is 26.0 Å². The quantitative estimate of drug-likeness (QED) is 0.771. The molecule has 2 amide bonds. The van der Waals surface area contributed by atoms with Crippen LogP contribution in [-0.2, 0) is 9.59 Å². The lowest BCUT2D eigenvalue weighted by molar-refractivity contribution is -0.115. The number of amides is 2. The van der Waals surface area contributed by atoms with Gasteiger partial charge in [0.25, 0.3) is 0 Å². The van der Waals surface area contributed by atoms with Crippen molar-refractivity contribution in [3.05, 3.63) is 58.6 Å². The van der Waals surface area contributed by atoms with Crippen LogP contribution in [0.25, 0.3) is 0 Å². The maximum Gasteiger partial charge on any atom is 0.237 e. The van der Waals surface area contributed by atoms with Crippen molar-refractivity contribution in [3.8, 4) is 0 Å². The highest BCUT2D eigenvalue weighted by Gasteiger charge is 2.16. The van der Waals surface area contributed by atoms with E-state index in [1.165, 1.54) is 11.8 Å². The molecular formula is C19H21ClN2O2S. The number of benzene rings is 2. The van der Waals surface area contributed by atoms with Crippen LogP contribution in [0.5, 0.6) is 0 Å². The van der Waals surface area contributed by atoms with Gasteiger partial charge in [-0.05, 0) is 50.6 Å². The molecule has 0 aliphatic carbocycles. The van der Waals surface area contributed by atoms with Gasteiger partial charge in [-0.15, -0.1) is 11.8 Å². The average molecular weight is 377 g/mol. The van der Waals surface area contributed by atoms with Crippen molar-refractivity contribution in [2.24, 2.45) is 0 Å². The summed E-state index contributed by atoms with van der Waals surface area (Å²) < 4.78 is 0. The molecule has 0 unspecified atom stereocenters. The molecule has 25 heavy (non-hydrogen) atoms. The molecule has 0 saturated carbocycles. The van der Waals surface area contributed by atoms with Crippen LogP contribution in [0.1, 0.15) is 18.1 Å². The molecule has 0 aliphatic heterocycles. The monoisotopic (exact) mass is 376 g/mol. The minimum atomic E-state index is -0.359. The predicted octanol–water partition coefficient (Wildman–Crippen LogP) is 4.66. The minimum Gasteiger partial charge on any atom is -0.325 e. The van der Waals surface area contributed by atoms with Crippen molar-refractivity contribution in [2.75, 3.05) is 16.4 Å². The van der Waals surface area contributed by atoms with Crippen molar-refractivity contribution < 1.29 is 9.59 Å². The third-order valence-corrected chi connectivity index (χ3v) is 5.25. The molecule has 2 rings (SSSR count). The Morgan fingerprint density at radius 3 is 2.44 bits per heavy atom. The molecule has 2 aromatic rings. The van der Waals surface area contributed by atoms with Gasteiger partial charge in [0.2, 0.25) is 11.8 Å². The van der Waals surface area contributed by atoms with Gasteiger partial charge in [0.15, 0.2) is 0 Å². The van der Waals surface area contributed by atoms with Crippen LogP contribution in [0.4, 0.5) is 11.4 Å². The van der Waals surface area contributed by atoms with Crippen molar-refractivity contribution >= 4 is 46.6 Å². The van der Waals surface area contributed by atoms with Crippen LogP contribution in [0.3, 0.4) is 0 Å². The summed E-state index contributed by atoms with van der Waals surface area (Å²) in [5.74, 6) is -0.0808. The number of carbonyl (C=O) groups is 2. The number of rotatable bonds is 6. The molecule has 6 heteroatoms. The van der Waals surface area contributed by atoms with E-state index in [4.69, 9.17) is 11.6 Å². The fraction of sp³-hybridized carbons (Fsp3) is 0.263. The Hall–Kier alpha value is -1.98. The van der Waals surface area contributed by atoms with Crippen LogP contribution < -0.4 is 10.6 Å². The SMILES string of the molecule is Cc1ccc(NC(=O)CS[C@@H](C)C(=O)Nc2cccc(Cl)c2C)cc1. The molecule has 132 valence electrons. The van der Waals surface area contributed by atoms with E-state index in [2.05, 4.69) is 10.6 Å². The second-order valence-corrected chi connectivity index (χ2v) is 7.51. The summed E-state index contributed by atoms with van der Waals surface area (Å²) in [5.41, 5.74) is 3.40. The standard InChI is InChI=1S/C19H21ClN2O2S/c1-12-7-9-15(10-8-12)21-18(23)11-25-14(3)19(24)22-17-6-4-5-16(20)13(17)2/h4-10,14H,11H2,1-3H3,(H,21,23)(H,22,24)/t14-/m0/s1. The largest absolute Gasteiger partial charge is 0.325 e. The number of thioether (sulfide) groups is 1. The smallest absolute Gasteiger partial charge is 0.237 e. The lowest BCUT2D eigenvalue weighted by atomic mass is 10.2. The molecule has 2 N–H and O–H groups in total. The average Bonchev–Trinajstić information content (AvgIpc) is 2.58. The van der Waals surface area contributed by atoms with Crippen molar-refractivity contribution in [1.82, 2.24) is 0 Å². The summed E-state index contributed by atoms with van der Waals surface area (Å²) in [7, 11) is 0. The third kappa shape index (κ3) is 5.80. The zero-order valence-electron chi connectivity index (χ0n) is 14.4. The number of aryl methyl sites for hydroxylation is 1. The second-order valence-electron chi connectivity index (χ2n) is 5.77. The second kappa shape index (κ2) is 8.92. The molecule has 0 bridgehead atoms. The van der Waals surface area contributed by atoms with Gasteiger partial charge in [-0.3, -0.25) is 9.59 Å². The Kier molecular flexibility index (Phi) is 6.91. The molecule has 1 atom stereocenters. The Balaban J connectivity index is 1.83. The van der Waals surface area contributed by atoms with Gasteiger partial charge in [0, 0.05) is 16.4 Å². The highest BCUT2D eigenvalue weighted by molar-refractivity contribution is 8.01. The predicted molar refractivity (Wildman–Crippen MR) is 107 cm³/mol.